The summed E-state index contributed by atoms with van der Waals surface area (Å²) in [5.41, 5.74) is 7.09. The van der Waals surface area contributed by atoms with Crippen LogP contribution in [0.3, 0.4) is 0 Å². The van der Waals surface area contributed by atoms with Crippen molar-refractivity contribution >= 4 is 23.0 Å². The van der Waals surface area contributed by atoms with Gasteiger partial charge in [-0.3, -0.25) is 4.79 Å². The first-order valence-corrected chi connectivity index (χ1v) is 10.0. The van der Waals surface area contributed by atoms with E-state index in [0.717, 1.165) is 41.2 Å². The highest BCUT2D eigenvalue weighted by atomic mass is 16.1. The Labute approximate surface area is 172 Å². The first-order valence-electron chi connectivity index (χ1n) is 10.0. The van der Waals surface area contributed by atoms with Crippen molar-refractivity contribution in [2.45, 2.75) is 32.7 Å². The molecule has 0 unspecified atom stereocenters. The number of nitrogens with one attached hydrogen (secondary N) is 3. The highest BCUT2D eigenvalue weighted by molar-refractivity contribution is 6.04. The molecule has 1 aliphatic heterocycles. The van der Waals surface area contributed by atoms with Crippen LogP contribution in [0.1, 0.15) is 36.8 Å². The van der Waals surface area contributed by atoms with Crippen LogP contribution < -0.4 is 16.0 Å². The fourth-order valence-electron chi connectivity index (χ4n) is 3.70. The Kier molecular flexibility index (Phi) is 4.82. The van der Waals surface area contributed by atoms with E-state index < -0.39 is 0 Å². The molecule has 0 radical (unpaired) electrons. The third-order valence-corrected chi connectivity index (χ3v) is 5.05. The summed E-state index contributed by atoms with van der Waals surface area (Å²) in [5.74, 6) is -0.101. The van der Waals surface area contributed by atoms with E-state index in [4.69, 9.17) is 0 Å². The number of nitrogens with zero attached hydrogens (tertiary/aromatic N) is 1. The summed E-state index contributed by atoms with van der Waals surface area (Å²) in [6, 6.07) is 16.3. The zero-order chi connectivity index (χ0) is 20.6. The summed E-state index contributed by atoms with van der Waals surface area (Å²) < 4.78 is 1.88. The molecular formula is C24H28N4O. The summed E-state index contributed by atoms with van der Waals surface area (Å²) in [6.07, 6.45) is 2.99. The number of anilines is 3. The Balaban J connectivity index is 1.51. The van der Waals surface area contributed by atoms with Gasteiger partial charge in [0.15, 0.2) is 0 Å². The molecule has 4 rings (SSSR count). The van der Waals surface area contributed by atoms with Gasteiger partial charge in [0.05, 0.1) is 0 Å². The van der Waals surface area contributed by atoms with E-state index in [9.17, 15) is 4.79 Å². The molecule has 1 aliphatic rings. The third kappa shape index (κ3) is 4.29. The van der Waals surface area contributed by atoms with E-state index in [0.29, 0.717) is 5.69 Å². The molecule has 0 spiro atoms. The molecule has 2 heterocycles. The number of aromatic nitrogens is 1. The monoisotopic (exact) mass is 388 g/mol. The van der Waals surface area contributed by atoms with Crippen LogP contribution in [0.4, 0.5) is 17.1 Å². The first kappa shape index (κ1) is 19.1. The Morgan fingerprint density at radius 3 is 2.45 bits per heavy atom. The molecule has 1 amide bonds. The molecule has 1 aromatic heterocycles. The number of hydrogen-bond donors (Lipinski definition) is 3. The molecule has 0 fully saturated rings. The van der Waals surface area contributed by atoms with Crippen LogP contribution in [-0.4, -0.2) is 22.6 Å². The highest BCUT2D eigenvalue weighted by Gasteiger charge is 2.16. The molecule has 0 saturated carbocycles. The molecule has 0 atom stereocenters. The minimum Gasteiger partial charge on any atom is -0.384 e. The molecule has 29 heavy (non-hydrogen) atoms. The van der Waals surface area contributed by atoms with Crippen molar-refractivity contribution in [2.24, 2.45) is 7.05 Å². The van der Waals surface area contributed by atoms with Crippen molar-refractivity contribution in [3.05, 3.63) is 66.0 Å². The first-order chi connectivity index (χ1) is 13.8. The van der Waals surface area contributed by atoms with Gasteiger partial charge in [0, 0.05) is 48.0 Å². The number of hydrogen-bond acceptors (Lipinski definition) is 3. The number of rotatable bonds is 4. The number of fused-ring (bicyclic) bond motifs is 1. The van der Waals surface area contributed by atoms with E-state index in [1.807, 2.05) is 36.0 Å². The van der Waals surface area contributed by atoms with Gasteiger partial charge in [0.25, 0.3) is 5.91 Å². The largest absolute Gasteiger partial charge is 0.384 e. The summed E-state index contributed by atoms with van der Waals surface area (Å²) in [7, 11) is 1.90. The van der Waals surface area contributed by atoms with E-state index in [1.165, 1.54) is 5.56 Å². The topological polar surface area (TPSA) is 58.1 Å². The van der Waals surface area contributed by atoms with Gasteiger partial charge in [-0.25, -0.2) is 0 Å². The SMILES string of the molecule is Cn1cc(-c2ccc(NC(C)(C)C)cc2)cc1C(=O)Nc1ccc2c(c1)CCN2. The second-order valence-electron chi connectivity index (χ2n) is 8.68. The lowest BCUT2D eigenvalue weighted by molar-refractivity contribution is 0.101. The fourth-order valence-corrected chi connectivity index (χ4v) is 3.70. The normalized spacial score (nSPS) is 13.0. The van der Waals surface area contributed by atoms with Crippen molar-refractivity contribution in [1.29, 1.82) is 0 Å². The third-order valence-electron chi connectivity index (χ3n) is 5.05. The standard InChI is InChI=1S/C24H28N4O/c1-24(2,3)27-19-7-5-16(6-8-19)18-14-22(28(4)15-18)23(29)26-20-9-10-21-17(13-20)11-12-25-21/h5-10,13-15,25,27H,11-12H2,1-4H3,(H,26,29). The smallest absolute Gasteiger partial charge is 0.272 e. The van der Waals surface area contributed by atoms with Gasteiger partial charge in [-0.2, -0.15) is 0 Å². The molecule has 2 aromatic carbocycles. The number of carbonyl (C=O) groups excluding carboxylic acids is 1. The zero-order valence-electron chi connectivity index (χ0n) is 17.5. The van der Waals surface area contributed by atoms with Gasteiger partial charge in [0.2, 0.25) is 0 Å². The second-order valence-corrected chi connectivity index (χ2v) is 8.68. The van der Waals surface area contributed by atoms with Crippen molar-refractivity contribution < 1.29 is 4.79 Å². The van der Waals surface area contributed by atoms with Crippen LogP contribution in [0.5, 0.6) is 0 Å². The van der Waals surface area contributed by atoms with Crippen LogP contribution in [0, 0.1) is 0 Å². The number of carbonyl (C=O) groups is 1. The lowest BCUT2D eigenvalue weighted by Gasteiger charge is -2.22. The Morgan fingerprint density at radius 1 is 1.00 bits per heavy atom. The Hall–Kier alpha value is -3.21. The molecule has 0 aliphatic carbocycles. The molecule has 3 aromatic rings. The van der Waals surface area contributed by atoms with Crippen LogP contribution in [0.15, 0.2) is 54.7 Å². The van der Waals surface area contributed by atoms with Crippen LogP contribution >= 0.6 is 0 Å². The van der Waals surface area contributed by atoms with E-state index in [2.05, 4.69) is 67.1 Å². The van der Waals surface area contributed by atoms with Crippen molar-refractivity contribution in [3.8, 4) is 11.1 Å². The molecule has 5 nitrogen and oxygen atoms in total. The zero-order valence-corrected chi connectivity index (χ0v) is 17.5. The van der Waals surface area contributed by atoms with Crippen molar-refractivity contribution in [2.75, 3.05) is 22.5 Å². The summed E-state index contributed by atoms with van der Waals surface area (Å²) in [5, 5.41) is 9.83. The van der Waals surface area contributed by atoms with Crippen LogP contribution in [-0.2, 0) is 13.5 Å². The summed E-state index contributed by atoms with van der Waals surface area (Å²) in [4.78, 5) is 12.8. The van der Waals surface area contributed by atoms with Crippen LogP contribution in [0.2, 0.25) is 0 Å². The second kappa shape index (κ2) is 7.32. The lowest BCUT2D eigenvalue weighted by atomic mass is 10.1. The fraction of sp³-hybridized carbons (Fsp3) is 0.292. The predicted molar refractivity (Wildman–Crippen MR) is 121 cm³/mol. The van der Waals surface area contributed by atoms with Crippen LogP contribution in [0.25, 0.3) is 11.1 Å². The summed E-state index contributed by atoms with van der Waals surface area (Å²) in [6.45, 7) is 7.37. The van der Waals surface area contributed by atoms with Gasteiger partial charge in [-0.15, -0.1) is 0 Å². The van der Waals surface area contributed by atoms with Crippen molar-refractivity contribution in [1.82, 2.24) is 4.57 Å². The summed E-state index contributed by atoms with van der Waals surface area (Å²) >= 11 is 0. The van der Waals surface area contributed by atoms with Crippen molar-refractivity contribution in [3.63, 3.8) is 0 Å². The number of benzene rings is 2. The molecular weight excluding hydrogens is 360 g/mol. The van der Waals surface area contributed by atoms with Gasteiger partial charge >= 0.3 is 0 Å². The molecule has 5 heteroatoms. The molecule has 150 valence electrons. The van der Waals surface area contributed by atoms with E-state index >= 15 is 0 Å². The maximum Gasteiger partial charge on any atom is 0.272 e. The average molecular weight is 389 g/mol. The highest BCUT2D eigenvalue weighted by Crippen LogP contribution is 2.27. The molecule has 3 N–H and O–H groups in total. The maximum absolute atomic E-state index is 12.8. The van der Waals surface area contributed by atoms with Gasteiger partial charge in [0.1, 0.15) is 5.69 Å². The van der Waals surface area contributed by atoms with Gasteiger partial charge in [-0.05, 0) is 74.7 Å². The van der Waals surface area contributed by atoms with Gasteiger partial charge in [-0.1, -0.05) is 12.1 Å². The quantitative estimate of drug-likeness (QED) is 0.581. The van der Waals surface area contributed by atoms with E-state index in [1.54, 1.807) is 0 Å². The minimum atomic E-state index is -0.101. The molecule has 0 bridgehead atoms. The maximum atomic E-state index is 12.8. The number of aryl methyl sites for hydroxylation is 1. The number of amides is 1. The minimum absolute atomic E-state index is 0.0210. The Bertz CT molecular complexity index is 1040. The Morgan fingerprint density at radius 2 is 1.72 bits per heavy atom. The van der Waals surface area contributed by atoms with E-state index in [-0.39, 0.29) is 11.4 Å². The van der Waals surface area contributed by atoms with Gasteiger partial charge < -0.3 is 20.5 Å². The lowest BCUT2D eigenvalue weighted by Crippen LogP contribution is -2.25. The molecule has 0 saturated heterocycles. The average Bonchev–Trinajstić information content (AvgIpc) is 3.27. The predicted octanol–water partition coefficient (Wildman–Crippen LogP) is 5.12.